The Labute approximate surface area is 122 Å². The lowest BCUT2D eigenvalue weighted by molar-refractivity contribution is -0.134. The lowest BCUT2D eigenvalue weighted by Crippen LogP contribution is -2.34. The Balaban J connectivity index is 2.26. The van der Waals surface area contributed by atoms with Gasteiger partial charge in [0.1, 0.15) is 12.3 Å². The van der Waals surface area contributed by atoms with Crippen molar-refractivity contribution in [2.45, 2.75) is 43.9 Å². The monoisotopic (exact) mass is 324 g/mol. The minimum Gasteiger partial charge on any atom is -0.394 e. The Morgan fingerprint density at radius 1 is 1.41 bits per heavy atom. The van der Waals surface area contributed by atoms with Crippen molar-refractivity contribution < 1.29 is 28.1 Å². The van der Waals surface area contributed by atoms with Crippen molar-refractivity contribution in [1.29, 1.82) is 0 Å². The Morgan fingerprint density at radius 3 is 2.64 bits per heavy atom. The zero-order chi connectivity index (χ0) is 16.5. The van der Waals surface area contributed by atoms with Crippen LogP contribution in [0.25, 0.3) is 0 Å². The fourth-order valence-corrected chi connectivity index (χ4v) is 2.25. The standard InChI is InChI=1S/C12H15F3N2O5/c13-12(14,15)2-1-6-4-17(11(21)16-10(6)20)9-3-7(19)8(5-18)22-9/h4,7-9,18-19H,1-3,5H2,(H,16,20,21)/t7-,8+,9+/m0/s1. The van der Waals surface area contributed by atoms with E-state index in [4.69, 9.17) is 9.84 Å². The summed E-state index contributed by atoms with van der Waals surface area (Å²) in [5.74, 6) is 0. The summed E-state index contributed by atoms with van der Waals surface area (Å²) in [7, 11) is 0. The van der Waals surface area contributed by atoms with Gasteiger partial charge in [-0.15, -0.1) is 0 Å². The lowest BCUT2D eigenvalue weighted by Gasteiger charge is -2.15. The molecule has 3 N–H and O–H groups in total. The second-order valence-electron chi connectivity index (χ2n) is 5.05. The molecule has 1 aromatic rings. The topological polar surface area (TPSA) is 105 Å². The molecule has 1 fully saturated rings. The molecule has 0 unspecified atom stereocenters. The minimum atomic E-state index is -4.42. The third kappa shape index (κ3) is 3.76. The molecule has 0 aromatic carbocycles. The van der Waals surface area contributed by atoms with Crippen molar-refractivity contribution in [3.8, 4) is 0 Å². The van der Waals surface area contributed by atoms with Crippen LogP contribution in [0.3, 0.4) is 0 Å². The summed E-state index contributed by atoms with van der Waals surface area (Å²) in [6, 6.07) is 0. The number of H-pyrrole nitrogens is 1. The van der Waals surface area contributed by atoms with Gasteiger partial charge in [0, 0.05) is 24.6 Å². The maximum atomic E-state index is 12.2. The van der Waals surface area contributed by atoms with E-state index in [1.165, 1.54) is 0 Å². The molecular weight excluding hydrogens is 309 g/mol. The molecule has 3 atom stereocenters. The van der Waals surface area contributed by atoms with E-state index >= 15 is 0 Å². The summed E-state index contributed by atoms with van der Waals surface area (Å²) in [4.78, 5) is 25.2. The van der Waals surface area contributed by atoms with Gasteiger partial charge in [-0.05, 0) is 6.42 Å². The Kier molecular flexibility index (Phi) is 4.73. The first-order valence-corrected chi connectivity index (χ1v) is 6.56. The molecule has 1 saturated heterocycles. The van der Waals surface area contributed by atoms with E-state index < -0.39 is 55.3 Å². The highest BCUT2D eigenvalue weighted by Crippen LogP contribution is 2.27. The second-order valence-corrected chi connectivity index (χ2v) is 5.05. The number of nitrogens with one attached hydrogen (secondary N) is 1. The normalized spacial score (nSPS) is 25.6. The number of hydrogen-bond acceptors (Lipinski definition) is 5. The third-order valence-electron chi connectivity index (χ3n) is 3.41. The number of aromatic amines is 1. The number of ether oxygens (including phenoxy) is 1. The van der Waals surface area contributed by atoms with Crippen LogP contribution in [0.5, 0.6) is 0 Å². The highest BCUT2D eigenvalue weighted by molar-refractivity contribution is 5.06. The summed E-state index contributed by atoms with van der Waals surface area (Å²) < 4.78 is 42.9. The zero-order valence-corrected chi connectivity index (χ0v) is 11.3. The van der Waals surface area contributed by atoms with Gasteiger partial charge in [0.15, 0.2) is 0 Å². The van der Waals surface area contributed by atoms with Crippen LogP contribution in [0.4, 0.5) is 13.2 Å². The highest BCUT2D eigenvalue weighted by atomic mass is 19.4. The van der Waals surface area contributed by atoms with Gasteiger partial charge >= 0.3 is 11.9 Å². The molecule has 2 rings (SSSR count). The summed E-state index contributed by atoms with van der Waals surface area (Å²) in [5.41, 5.74) is -1.94. The van der Waals surface area contributed by atoms with Crippen LogP contribution in [0.2, 0.25) is 0 Å². The minimum absolute atomic E-state index is 0.0180. The third-order valence-corrected chi connectivity index (χ3v) is 3.41. The predicted octanol–water partition coefficient (Wildman–Crippen LogP) is -0.328. The summed E-state index contributed by atoms with van der Waals surface area (Å²) in [6.07, 6.45) is -8.05. The molecule has 0 spiro atoms. The Bertz CT molecular complexity index is 639. The van der Waals surface area contributed by atoms with E-state index in [2.05, 4.69) is 0 Å². The molecule has 22 heavy (non-hydrogen) atoms. The first kappa shape index (κ1) is 16.7. The van der Waals surface area contributed by atoms with Crippen LogP contribution in [-0.2, 0) is 11.2 Å². The van der Waals surface area contributed by atoms with E-state index in [1.54, 1.807) is 0 Å². The van der Waals surface area contributed by atoms with Gasteiger partial charge in [-0.3, -0.25) is 14.3 Å². The lowest BCUT2D eigenvalue weighted by atomic mass is 10.1. The van der Waals surface area contributed by atoms with Gasteiger partial charge in [0.05, 0.1) is 12.7 Å². The van der Waals surface area contributed by atoms with Crippen LogP contribution in [0.15, 0.2) is 15.8 Å². The number of aryl methyl sites for hydroxylation is 1. The van der Waals surface area contributed by atoms with Crippen molar-refractivity contribution in [3.63, 3.8) is 0 Å². The highest BCUT2D eigenvalue weighted by Gasteiger charge is 2.35. The van der Waals surface area contributed by atoms with Gasteiger partial charge in [-0.2, -0.15) is 13.2 Å². The Hall–Kier alpha value is -1.65. The van der Waals surface area contributed by atoms with Gasteiger partial charge in [-0.25, -0.2) is 4.79 Å². The van der Waals surface area contributed by atoms with Gasteiger partial charge in [0.25, 0.3) is 5.56 Å². The van der Waals surface area contributed by atoms with E-state index in [9.17, 15) is 27.9 Å². The molecule has 0 aliphatic carbocycles. The Morgan fingerprint density at radius 2 is 2.09 bits per heavy atom. The summed E-state index contributed by atoms with van der Waals surface area (Å²) in [6.45, 7) is -0.462. The molecule has 7 nitrogen and oxygen atoms in total. The fraction of sp³-hybridized carbons (Fsp3) is 0.667. The molecule has 1 aromatic heterocycles. The van der Waals surface area contributed by atoms with Crippen LogP contribution in [0.1, 0.15) is 24.6 Å². The van der Waals surface area contributed by atoms with Gasteiger partial charge < -0.3 is 14.9 Å². The molecule has 1 aliphatic rings. The number of halogens is 3. The molecule has 2 heterocycles. The average Bonchev–Trinajstić information content (AvgIpc) is 2.77. The molecule has 0 saturated carbocycles. The number of hydrogen-bond donors (Lipinski definition) is 3. The quantitative estimate of drug-likeness (QED) is 0.704. The smallest absolute Gasteiger partial charge is 0.389 e. The zero-order valence-electron chi connectivity index (χ0n) is 11.3. The van der Waals surface area contributed by atoms with Crippen molar-refractivity contribution in [2.24, 2.45) is 0 Å². The van der Waals surface area contributed by atoms with Gasteiger partial charge in [-0.1, -0.05) is 0 Å². The number of rotatable bonds is 4. The largest absolute Gasteiger partial charge is 0.394 e. The van der Waals surface area contributed by atoms with Crippen molar-refractivity contribution >= 4 is 0 Å². The van der Waals surface area contributed by atoms with Gasteiger partial charge in [0.2, 0.25) is 0 Å². The number of aromatic nitrogens is 2. The van der Waals surface area contributed by atoms with E-state index in [-0.39, 0.29) is 12.0 Å². The molecule has 10 heteroatoms. The predicted molar refractivity (Wildman–Crippen MR) is 67.3 cm³/mol. The van der Waals surface area contributed by atoms with Crippen molar-refractivity contribution in [1.82, 2.24) is 9.55 Å². The number of aliphatic hydroxyl groups excluding tert-OH is 2. The molecular formula is C12H15F3N2O5. The van der Waals surface area contributed by atoms with Crippen LogP contribution >= 0.6 is 0 Å². The van der Waals surface area contributed by atoms with E-state index in [1.807, 2.05) is 4.98 Å². The maximum absolute atomic E-state index is 12.2. The molecule has 0 amide bonds. The average molecular weight is 324 g/mol. The maximum Gasteiger partial charge on any atom is 0.389 e. The van der Waals surface area contributed by atoms with Crippen molar-refractivity contribution in [3.05, 3.63) is 32.6 Å². The summed E-state index contributed by atoms with van der Waals surface area (Å²) in [5, 5.41) is 18.6. The van der Waals surface area contributed by atoms with Crippen LogP contribution in [-0.4, -0.2) is 44.8 Å². The van der Waals surface area contributed by atoms with Crippen molar-refractivity contribution in [2.75, 3.05) is 6.61 Å². The molecule has 1 aliphatic heterocycles. The number of nitrogens with zero attached hydrogens (tertiary/aromatic N) is 1. The summed E-state index contributed by atoms with van der Waals surface area (Å²) >= 11 is 0. The molecule has 0 radical (unpaired) electrons. The molecule has 0 bridgehead atoms. The van der Waals surface area contributed by atoms with E-state index in [0.29, 0.717) is 0 Å². The van der Waals surface area contributed by atoms with Crippen LogP contribution < -0.4 is 11.2 Å². The van der Waals surface area contributed by atoms with E-state index in [0.717, 1.165) is 10.8 Å². The molecule has 124 valence electrons. The van der Waals surface area contributed by atoms with Crippen LogP contribution in [0, 0.1) is 0 Å². The SMILES string of the molecule is O=c1[nH]c(=O)n([C@H]2C[C@H](O)[C@@H](CO)O2)cc1CCC(F)(F)F. The second kappa shape index (κ2) is 6.23. The number of aliphatic hydroxyl groups is 2. The first-order chi connectivity index (χ1) is 10.2. The number of alkyl halides is 3. The fourth-order valence-electron chi connectivity index (χ4n) is 2.25. The first-order valence-electron chi connectivity index (χ1n) is 6.56.